The molecule has 1 aromatic heterocycles. The molecule has 1 fully saturated rings. The van der Waals surface area contributed by atoms with Gasteiger partial charge in [-0.3, -0.25) is 14.6 Å². The number of nitrogens with one attached hydrogen (secondary N) is 1. The first-order valence-corrected chi connectivity index (χ1v) is 8.99. The first-order chi connectivity index (χ1) is 13.6. The average Bonchev–Trinajstić information content (AvgIpc) is 2.74. The van der Waals surface area contributed by atoms with Crippen LogP contribution < -0.4 is 5.32 Å². The zero-order chi connectivity index (χ0) is 19.9. The zero-order valence-electron chi connectivity index (χ0n) is 15.5. The fraction of sp³-hybridized carbons (Fsp3) is 0.300. The van der Waals surface area contributed by atoms with Gasteiger partial charge in [-0.15, -0.1) is 0 Å². The number of carbonyl (C=O) groups is 3. The molecule has 2 amide bonds. The number of hydrogen-bond donors (Lipinski definition) is 1. The monoisotopic (exact) mass is 383 g/mol. The maximum Gasteiger partial charge on any atom is 0.338 e. The highest BCUT2D eigenvalue weighted by Crippen LogP contribution is 2.14. The molecule has 0 radical (unpaired) electrons. The van der Waals surface area contributed by atoms with Gasteiger partial charge in [0.25, 0.3) is 11.8 Å². The summed E-state index contributed by atoms with van der Waals surface area (Å²) in [6, 6.07) is 7.89. The smallest absolute Gasteiger partial charge is 0.338 e. The Labute approximate surface area is 162 Å². The molecule has 0 unspecified atom stereocenters. The van der Waals surface area contributed by atoms with Crippen molar-refractivity contribution in [2.75, 3.05) is 38.2 Å². The molecule has 8 nitrogen and oxygen atoms in total. The summed E-state index contributed by atoms with van der Waals surface area (Å²) in [5.41, 5.74) is 1.54. The van der Waals surface area contributed by atoms with Crippen LogP contribution >= 0.6 is 0 Å². The normalized spacial score (nSPS) is 13.7. The number of anilines is 1. The molecule has 1 saturated heterocycles. The molecule has 2 aromatic rings. The molecule has 0 atom stereocenters. The van der Waals surface area contributed by atoms with Gasteiger partial charge >= 0.3 is 5.97 Å². The van der Waals surface area contributed by atoms with Crippen LogP contribution in [-0.4, -0.2) is 60.6 Å². The van der Waals surface area contributed by atoms with E-state index in [-0.39, 0.29) is 11.5 Å². The Morgan fingerprint density at radius 3 is 2.43 bits per heavy atom. The third-order valence-corrected chi connectivity index (χ3v) is 4.20. The molecule has 8 heteroatoms. The van der Waals surface area contributed by atoms with E-state index in [0.717, 1.165) is 0 Å². The summed E-state index contributed by atoms with van der Waals surface area (Å²) >= 11 is 0. The largest absolute Gasteiger partial charge is 0.462 e. The molecule has 0 spiro atoms. The average molecular weight is 383 g/mol. The van der Waals surface area contributed by atoms with E-state index in [1.165, 1.54) is 18.5 Å². The second-order valence-electron chi connectivity index (χ2n) is 6.12. The Kier molecular flexibility index (Phi) is 6.33. The lowest BCUT2D eigenvalue weighted by Crippen LogP contribution is -2.40. The molecule has 3 rings (SSSR count). The number of ether oxygens (including phenoxy) is 2. The Morgan fingerprint density at radius 2 is 1.75 bits per heavy atom. The van der Waals surface area contributed by atoms with Crippen LogP contribution in [0.1, 0.15) is 38.0 Å². The van der Waals surface area contributed by atoms with Crippen molar-refractivity contribution in [2.24, 2.45) is 0 Å². The van der Waals surface area contributed by atoms with Crippen molar-refractivity contribution in [3.63, 3.8) is 0 Å². The van der Waals surface area contributed by atoms with E-state index >= 15 is 0 Å². The minimum Gasteiger partial charge on any atom is -0.462 e. The number of benzene rings is 1. The number of aromatic nitrogens is 1. The molecule has 1 N–H and O–H groups in total. The second-order valence-corrected chi connectivity index (χ2v) is 6.12. The van der Waals surface area contributed by atoms with Crippen LogP contribution in [0.5, 0.6) is 0 Å². The fourth-order valence-corrected chi connectivity index (χ4v) is 2.74. The summed E-state index contributed by atoms with van der Waals surface area (Å²) in [4.78, 5) is 42.4. The third-order valence-electron chi connectivity index (χ3n) is 4.20. The number of nitrogens with zero attached hydrogens (tertiary/aromatic N) is 2. The Bertz CT molecular complexity index is 860. The number of amides is 2. The predicted molar refractivity (Wildman–Crippen MR) is 101 cm³/mol. The highest BCUT2D eigenvalue weighted by Gasteiger charge is 2.20. The van der Waals surface area contributed by atoms with Crippen molar-refractivity contribution in [1.29, 1.82) is 0 Å². The molecule has 1 aromatic carbocycles. The van der Waals surface area contributed by atoms with Crippen molar-refractivity contribution >= 4 is 23.5 Å². The van der Waals surface area contributed by atoms with E-state index in [1.807, 2.05) is 0 Å². The number of pyridine rings is 1. The molecule has 0 saturated carbocycles. The molecule has 0 bridgehead atoms. The Balaban J connectivity index is 1.67. The lowest BCUT2D eigenvalue weighted by Gasteiger charge is -2.26. The summed E-state index contributed by atoms with van der Waals surface area (Å²) in [5, 5.41) is 2.73. The third kappa shape index (κ3) is 4.72. The summed E-state index contributed by atoms with van der Waals surface area (Å²) in [5.74, 6) is -0.990. The van der Waals surface area contributed by atoms with Crippen LogP contribution in [0.4, 0.5) is 5.69 Å². The summed E-state index contributed by atoms with van der Waals surface area (Å²) in [7, 11) is 0. The molecule has 0 aliphatic carbocycles. The van der Waals surface area contributed by atoms with E-state index in [4.69, 9.17) is 9.47 Å². The summed E-state index contributed by atoms with van der Waals surface area (Å²) in [6.45, 7) is 4.06. The van der Waals surface area contributed by atoms with Crippen LogP contribution in [0.3, 0.4) is 0 Å². The van der Waals surface area contributed by atoms with Crippen molar-refractivity contribution < 1.29 is 23.9 Å². The highest BCUT2D eigenvalue weighted by atomic mass is 16.5. The maximum absolute atomic E-state index is 12.5. The van der Waals surface area contributed by atoms with Crippen molar-refractivity contribution in [2.45, 2.75) is 6.92 Å². The van der Waals surface area contributed by atoms with Gasteiger partial charge in [0.1, 0.15) is 0 Å². The number of carbonyl (C=O) groups excluding carboxylic acids is 3. The number of morpholine rings is 1. The van der Waals surface area contributed by atoms with E-state index in [2.05, 4.69) is 10.3 Å². The molecule has 1 aliphatic rings. The van der Waals surface area contributed by atoms with Crippen molar-refractivity contribution in [3.8, 4) is 0 Å². The first-order valence-electron chi connectivity index (χ1n) is 8.99. The van der Waals surface area contributed by atoms with Crippen LogP contribution in [0.25, 0.3) is 0 Å². The van der Waals surface area contributed by atoms with Gasteiger partial charge in [0.2, 0.25) is 0 Å². The first kappa shape index (κ1) is 19.5. The van der Waals surface area contributed by atoms with Gasteiger partial charge in [-0.25, -0.2) is 4.79 Å². The predicted octanol–water partition coefficient (Wildman–Crippen LogP) is 1.98. The number of esters is 1. The van der Waals surface area contributed by atoms with Crippen molar-refractivity contribution in [3.05, 3.63) is 59.4 Å². The molecule has 28 heavy (non-hydrogen) atoms. The van der Waals surface area contributed by atoms with E-state index in [9.17, 15) is 14.4 Å². The van der Waals surface area contributed by atoms with Gasteiger partial charge in [-0.1, -0.05) is 0 Å². The zero-order valence-corrected chi connectivity index (χ0v) is 15.5. The molecular formula is C20H21N3O5. The summed E-state index contributed by atoms with van der Waals surface area (Å²) < 4.78 is 10.2. The van der Waals surface area contributed by atoms with Gasteiger partial charge in [-0.05, 0) is 37.3 Å². The van der Waals surface area contributed by atoms with Gasteiger partial charge < -0.3 is 19.7 Å². The van der Waals surface area contributed by atoms with Crippen LogP contribution in [0.2, 0.25) is 0 Å². The summed E-state index contributed by atoms with van der Waals surface area (Å²) in [6.07, 6.45) is 2.85. The van der Waals surface area contributed by atoms with E-state index in [0.29, 0.717) is 49.7 Å². The Morgan fingerprint density at radius 1 is 1.07 bits per heavy atom. The van der Waals surface area contributed by atoms with Crippen LogP contribution in [-0.2, 0) is 9.47 Å². The minimum absolute atomic E-state index is 0.177. The molecular weight excluding hydrogens is 362 g/mol. The topological polar surface area (TPSA) is 97.8 Å². The number of rotatable bonds is 5. The van der Waals surface area contributed by atoms with Gasteiger partial charge in [0.15, 0.2) is 0 Å². The van der Waals surface area contributed by atoms with Gasteiger partial charge in [0.05, 0.1) is 36.5 Å². The lowest BCUT2D eigenvalue weighted by atomic mass is 10.1. The van der Waals surface area contributed by atoms with Gasteiger partial charge in [-0.2, -0.15) is 0 Å². The molecule has 1 aliphatic heterocycles. The van der Waals surface area contributed by atoms with Crippen LogP contribution in [0.15, 0.2) is 42.7 Å². The van der Waals surface area contributed by atoms with E-state index in [1.54, 1.807) is 36.1 Å². The van der Waals surface area contributed by atoms with Crippen molar-refractivity contribution in [1.82, 2.24) is 9.88 Å². The van der Waals surface area contributed by atoms with Crippen LogP contribution in [0, 0.1) is 0 Å². The highest BCUT2D eigenvalue weighted by molar-refractivity contribution is 6.06. The maximum atomic E-state index is 12.5. The number of hydrogen-bond acceptors (Lipinski definition) is 6. The SMILES string of the molecule is CCOC(=O)c1ccc(NC(=O)c2cncc(C(=O)N3CCOCC3)c2)cc1. The minimum atomic E-state index is -0.418. The van der Waals surface area contributed by atoms with E-state index < -0.39 is 11.9 Å². The Hall–Kier alpha value is -3.26. The van der Waals surface area contributed by atoms with Gasteiger partial charge in [0, 0.05) is 31.2 Å². The molecule has 146 valence electrons. The molecule has 2 heterocycles. The quantitative estimate of drug-likeness (QED) is 0.793. The lowest BCUT2D eigenvalue weighted by molar-refractivity contribution is 0.0302. The fourth-order valence-electron chi connectivity index (χ4n) is 2.74. The second kappa shape index (κ2) is 9.09. The standard InChI is InChI=1S/C20H21N3O5/c1-2-28-20(26)14-3-5-17(6-4-14)22-18(24)15-11-16(13-21-12-15)19(25)23-7-9-27-10-8-23/h3-6,11-13H,2,7-10H2,1H3,(H,22,24).